The molecule has 0 bridgehead atoms. The number of benzene rings is 6. The Morgan fingerprint density at radius 2 is 1.13 bits per heavy atom. The van der Waals surface area contributed by atoms with Gasteiger partial charge in [-0.1, -0.05) is 0 Å². The summed E-state index contributed by atoms with van der Waals surface area (Å²) in [5, 5.41) is 5.36. The predicted molar refractivity (Wildman–Crippen MR) is 230 cm³/mol. The quantitative estimate of drug-likeness (QED) is 0.157. The van der Waals surface area contributed by atoms with Crippen LogP contribution < -0.4 is 3.27 Å². The van der Waals surface area contributed by atoms with Crippen molar-refractivity contribution in [1.82, 2.24) is 0 Å². The molecule has 0 radical (unpaired) electrons. The summed E-state index contributed by atoms with van der Waals surface area (Å²) in [4.78, 5) is 0. The van der Waals surface area contributed by atoms with Crippen LogP contribution >= 0.6 is 24.8 Å². The zero-order valence-electron chi connectivity index (χ0n) is 31.6. The Kier molecular flexibility index (Phi) is 10.2. The zero-order valence-corrected chi connectivity index (χ0v) is 35.6. The first-order valence-electron chi connectivity index (χ1n) is 18.5. The van der Waals surface area contributed by atoms with Crippen molar-refractivity contribution in [2.24, 2.45) is 0 Å². The SMILES string of the molecule is Cl.Cl.[CH2]=[Zr]([CH2]c1cccc2ccccc12)([CH2]c1cccc2ccccc12)([C]1=CC=CC1)[c]1cc(C(C)(C)C)cc2c1Cc1ccc(C(C)(C)C)cc1-2. The van der Waals surface area contributed by atoms with Crippen molar-refractivity contribution in [1.29, 1.82) is 0 Å². The fourth-order valence-electron chi connectivity index (χ4n) is 9.16. The van der Waals surface area contributed by atoms with Gasteiger partial charge in [-0.25, -0.2) is 0 Å². The zero-order chi connectivity index (χ0) is 34.9. The van der Waals surface area contributed by atoms with Crippen molar-refractivity contribution in [3.8, 4) is 11.1 Å². The summed E-state index contributed by atoms with van der Waals surface area (Å²) in [7, 11) is 0. The third-order valence-electron chi connectivity index (χ3n) is 12.1. The minimum atomic E-state index is -4.67. The van der Waals surface area contributed by atoms with E-state index in [-0.39, 0.29) is 35.6 Å². The van der Waals surface area contributed by atoms with Crippen LogP contribution in [-0.2, 0) is 43.8 Å². The molecule has 0 fully saturated rings. The van der Waals surface area contributed by atoms with E-state index in [0.717, 1.165) is 21.1 Å². The molecular weight excluding hydrogens is 751 g/mol. The molecule has 0 saturated carbocycles. The molecule has 6 aromatic carbocycles. The molecule has 2 aliphatic rings. The number of fused-ring (bicyclic) bond motifs is 5. The average Bonchev–Trinajstić information content (AvgIpc) is 3.77. The van der Waals surface area contributed by atoms with Crippen molar-refractivity contribution < 1.29 is 18.3 Å². The Hall–Kier alpha value is -3.35. The van der Waals surface area contributed by atoms with Crippen LogP contribution in [0.3, 0.4) is 0 Å². The summed E-state index contributed by atoms with van der Waals surface area (Å²) >= 11 is -4.67. The van der Waals surface area contributed by atoms with Crippen molar-refractivity contribution in [2.45, 2.75) is 73.5 Å². The second-order valence-corrected chi connectivity index (χ2v) is 31.6. The van der Waals surface area contributed by atoms with E-state index in [2.05, 4.69) is 175 Å². The average molecular weight is 803 g/mol. The van der Waals surface area contributed by atoms with Crippen LogP contribution in [0.5, 0.6) is 0 Å². The predicted octanol–water partition coefficient (Wildman–Crippen LogP) is 13.0. The number of hydrogen-bond acceptors (Lipinski definition) is 0. The third kappa shape index (κ3) is 6.46. The van der Waals surface area contributed by atoms with Crippen molar-refractivity contribution in [2.75, 3.05) is 0 Å². The fraction of sp³-hybridized carbons (Fsp3) is 0.245. The molecule has 0 aromatic heterocycles. The molecule has 266 valence electrons. The first-order valence-corrected chi connectivity index (χ1v) is 26.1. The van der Waals surface area contributed by atoms with Crippen molar-refractivity contribution in [3.05, 3.63) is 170 Å². The van der Waals surface area contributed by atoms with Gasteiger partial charge < -0.3 is 0 Å². The molecule has 0 N–H and O–H groups in total. The molecule has 0 spiro atoms. The van der Waals surface area contributed by atoms with Gasteiger partial charge in [-0.2, -0.15) is 0 Å². The van der Waals surface area contributed by atoms with Crippen LogP contribution in [0.1, 0.15) is 81.3 Å². The minimum absolute atomic E-state index is 0. The van der Waals surface area contributed by atoms with E-state index in [4.69, 9.17) is 4.21 Å². The molecule has 2 aliphatic carbocycles. The molecule has 0 amide bonds. The van der Waals surface area contributed by atoms with E-state index >= 15 is 0 Å². The molecule has 8 rings (SSSR count). The molecule has 6 aromatic rings. The van der Waals surface area contributed by atoms with E-state index in [1.165, 1.54) is 66.1 Å². The Bertz CT molecular complexity index is 2370. The van der Waals surface area contributed by atoms with Gasteiger partial charge in [0.1, 0.15) is 0 Å². The van der Waals surface area contributed by atoms with E-state index in [1.54, 1.807) is 6.55 Å². The van der Waals surface area contributed by atoms with Crippen LogP contribution in [0.4, 0.5) is 0 Å². The molecule has 52 heavy (non-hydrogen) atoms. The van der Waals surface area contributed by atoms with Gasteiger partial charge in [0.15, 0.2) is 0 Å². The van der Waals surface area contributed by atoms with E-state index in [0.29, 0.717) is 0 Å². The summed E-state index contributed by atoms with van der Waals surface area (Å²) in [6.45, 7) is 14.2. The molecule has 3 heteroatoms. The second kappa shape index (κ2) is 13.8. The summed E-state index contributed by atoms with van der Waals surface area (Å²) in [6.07, 6.45) is 9.15. The molecule has 0 nitrogen and oxygen atoms in total. The third-order valence-corrected chi connectivity index (χ3v) is 27.7. The van der Waals surface area contributed by atoms with Gasteiger partial charge in [0.25, 0.3) is 0 Å². The van der Waals surface area contributed by atoms with Crippen LogP contribution in [0.25, 0.3) is 32.7 Å². The Balaban J connectivity index is 0.00000232. The van der Waals surface area contributed by atoms with Crippen LogP contribution in [0.15, 0.2) is 137 Å². The summed E-state index contributed by atoms with van der Waals surface area (Å²) in [5.41, 5.74) is 11.6. The maximum absolute atomic E-state index is 5.88. The first-order chi connectivity index (χ1) is 23.8. The van der Waals surface area contributed by atoms with Gasteiger partial charge in [0, 0.05) is 0 Å². The molecule has 0 atom stereocenters. The molecule has 0 aliphatic heterocycles. The standard InChI is InChI=1S/C21H25.2C11H9.C5H5.CH2.2ClH.Zr/c1-20(2,3)16-9-7-14-11-15-8-10-17(21(4,5)6)13-19(15)18(14)12-16;2*1-9-5-4-7-10-6-2-3-8-11(9)10;1-2-4-5-3-1;;;;/h7,9-10,12-13H,11H2,1-6H3;2*2-8H,1H2;1-3H,4H2;1H2;2*1H;. The Morgan fingerprint density at radius 1 is 0.596 bits per heavy atom. The Morgan fingerprint density at radius 3 is 1.67 bits per heavy atom. The summed E-state index contributed by atoms with van der Waals surface area (Å²) in [6, 6.07) is 44.4. The topological polar surface area (TPSA) is 0 Å². The van der Waals surface area contributed by atoms with Gasteiger partial charge in [-0.15, -0.1) is 24.8 Å². The van der Waals surface area contributed by atoms with E-state index in [1.807, 2.05) is 0 Å². The summed E-state index contributed by atoms with van der Waals surface area (Å²) in [5.74, 6) is 0. The van der Waals surface area contributed by atoms with Gasteiger partial charge in [-0.3, -0.25) is 0 Å². The molecule has 0 unspecified atom stereocenters. The maximum atomic E-state index is 5.88. The van der Waals surface area contributed by atoms with Gasteiger partial charge >= 0.3 is 302 Å². The molecule has 0 heterocycles. The fourth-order valence-corrected chi connectivity index (χ4v) is 25.1. The number of allylic oxidation sites excluding steroid dienone is 4. The van der Waals surface area contributed by atoms with E-state index < -0.39 is 18.3 Å². The normalized spacial score (nSPS) is 14.1. The van der Waals surface area contributed by atoms with Gasteiger partial charge in [0.2, 0.25) is 0 Å². The van der Waals surface area contributed by atoms with Gasteiger partial charge in [0.05, 0.1) is 0 Å². The Labute approximate surface area is 324 Å². The molecule has 0 saturated heterocycles. The monoisotopic (exact) mass is 800 g/mol. The van der Waals surface area contributed by atoms with E-state index in [9.17, 15) is 0 Å². The number of hydrogen-bond donors (Lipinski definition) is 0. The van der Waals surface area contributed by atoms with Crippen molar-refractivity contribution in [3.63, 3.8) is 0 Å². The second-order valence-electron chi connectivity index (χ2n) is 17.5. The number of rotatable bonds is 6. The van der Waals surface area contributed by atoms with Crippen LogP contribution in [-0.4, -0.2) is 4.21 Å². The molecular formula is C49H52Cl2Zr. The van der Waals surface area contributed by atoms with Crippen molar-refractivity contribution >= 4 is 53.8 Å². The van der Waals surface area contributed by atoms with Crippen LogP contribution in [0, 0.1) is 0 Å². The summed E-state index contributed by atoms with van der Waals surface area (Å²) < 4.78 is 11.1. The first kappa shape index (κ1) is 38.4. The number of halogens is 2. The van der Waals surface area contributed by atoms with Gasteiger partial charge in [-0.05, 0) is 0 Å². The van der Waals surface area contributed by atoms with Crippen LogP contribution in [0.2, 0.25) is 0 Å².